The van der Waals surface area contributed by atoms with Crippen molar-refractivity contribution in [2.75, 3.05) is 13.6 Å². The van der Waals surface area contributed by atoms with Crippen molar-refractivity contribution in [1.82, 2.24) is 5.32 Å². The Morgan fingerprint density at radius 1 is 1.42 bits per heavy atom. The van der Waals surface area contributed by atoms with E-state index >= 15 is 0 Å². The van der Waals surface area contributed by atoms with Gasteiger partial charge >= 0.3 is 0 Å². The van der Waals surface area contributed by atoms with Crippen molar-refractivity contribution in [3.05, 3.63) is 11.8 Å². The maximum atomic E-state index is 5.81. The summed E-state index contributed by atoms with van der Waals surface area (Å²) in [5, 5.41) is 3.06. The van der Waals surface area contributed by atoms with Crippen LogP contribution in [0.3, 0.4) is 0 Å². The second kappa shape index (κ2) is 5.20. The maximum Gasteiger partial charge on any atom is 0.0346 e. The van der Waals surface area contributed by atoms with E-state index in [2.05, 4.69) is 11.4 Å². The molecule has 0 spiro atoms. The lowest BCUT2D eigenvalue weighted by Gasteiger charge is -2.18. The maximum absolute atomic E-state index is 5.81. The van der Waals surface area contributed by atoms with Gasteiger partial charge in [0.05, 0.1) is 0 Å². The molecule has 0 amide bonds. The van der Waals surface area contributed by atoms with E-state index in [1.54, 1.807) is 0 Å². The highest BCUT2D eigenvalue weighted by atomic mass is 14.8. The van der Waals surface area contributed by atoms with Crippen molar-refractivity contribution in [2.45, 2.75) is 32.1 Å². The van der Waals surface area contributed by atoms with Crippen molar-refractivity contribution in [1.29, 1.82) is 0 Å². The van der Waals surface area contributed by atoms with Gasteiger partial charge in [-0.2, -0.15) is 0 Å². The molecule has 1 fully saturated rings. The molecular weight excluding hydrogens is 148 g/mol. The molecule has 70 valence electrons. The minimum Gasteiger partial charge on any atom is -0.401 e. The lowest BCUT2D eigenvalue weighted by atomic mass is 9.89. The van der Waals surface area contributed by atoms with Crippen LogP contribution in [0.1, 0.15) is 32.1 Å². The standard InChI is InChI=1S/C10H20N2/c1-12-8-10(11)7-9-5-3-2-4-6-9/h7,9,12H,2-6,8,11H2,1H3/b10-7-. The Morgan fingerprint density at radius 3 is 2.67 bits per heavy atom. The van der Waals surface area contributed by atoms with Crippen molar-refractivity contribution in [3.8, 4) is 0 Å². The summed E-state index contributed by atoms with van der Waals surface area (Å²) >= 11 is 0. The third-order valence-electron chi connectivity index (χ3n) is 2.48. The minimum atomic E-state index is 0.757. The molecule has 2 heteroatoms. The van der Waals surface area contributed by atoms with Crippen LogP contribution in [-0.2, 0) is 0 Å². The van der Waals surface area contributed by atoms with E-state index in [1.165, 1.54) is 32.1 Å². The predicted molar refractivity (Wildman–Crippen MR) is 52.8 cm³/mol. The fraction of sp³-hybridized carbons (Fsp3) is 0.800. The van der Waals surface area contributed by atoms with Crippen LogP contribution in [0.2, 0.25) is 0 Å². The predicted octanol–water partition coefficient (Wildman–Crippen LogP) is 1.63. The topological polar surface area (TPSA) is 38.0 Å². The summed E-state index contributed by atoms with van der Waals surface area (Å²) < 4.78 is 0. The molecule has 1 aliphatic carbocycles. The molecule has 0 aromatic carbocycles. The van der Waals surface area contributed by atoms with E-state index in [0.717, 1.165) is 18.2 Å². The molecule has 0 radical (unpaired) electrons. The first-order chi connectivity index (χ1) is 5.83. The Balaban J connectivity index is 2.31. The van der Waals surface area contributed by atoms with Gasteiger partial charge in [0.25, 0.3) is 0 Å². The Hall–Kier alpha value is -0.500. The molecule has 0 aromatic heterocycles. The van der Waals surface area contributed by atoms with Crippen LogP contribution in [0.5, 0.6) is 0 Å². The second-order valence-electron chi connectivity index (χ2n) is 3.67. The monoisotopic (exact) mass is 168 g/mol. The quantitative estimate of drug-likeness (QED) is 0.672. The highest BCUT2D eigenvalue weighted by Crippen LogP contribution is 2.24. The molecule has 12 heavy (non-hydrogen) atoms. The minimum absolute atomic E-state index is 0.757. The van der Waals surface area contributed by atoms with Crippen molar-refractivity contribution >= 4 is 0 Å². The molecule has 0 aliphatic heterocycles. The number of nitrogens with two attached hydrogens (primary N) is 1. The van der Waals surface area contributed by atoms with E-state index in [-0.39, 0.29) is 0 Å². The van der Waals surface area contributed by atoms with Gasteiger partial charge in [-0.25, -0.2) is 0 Å². The average molecular weight is 168 g/mol. The summed E-state index contributed by atoms with van der Waals surface area (Å²) in [7, 11) is 1.93. The van der Waals surface area contributed by atoms with Crippen molar-refractivity contribution < 1.29 is 0 Å². The molecule has 1 aliphatic rings. The third-order valence-corrected chi connectivity index (χ3v) is 2.48. The molecule has 1 saturated carbocycles. The number of nitrogens with one attached hydrogen (secondary N) is 1. The van der Waals surface area contributed by atoms with Gasteiger partial charge in [-0.15, -0.1) is 0 Å². The normalized spacial score (nSPS) is 21.2. The first kappa shape index (κ1) is 9.59. The number of hydrogen-bond acceptors (Lipinski definition) is 2. The SMILES string of the molecule is CNC/C(N)=C/C1CCCCC1. The van der Waals surface area contributed by atoms with Gasteiger partial charge in [-0.1, -0.05) is 25.3 Å². The number of allylic oxidation sites excluding steroid dienone is 1. The molecule has 1 rings (SSSR count). The molecular formula is C10H20N2. The zero-order chi connectivity index (χ0) is 8.81. The summed E-state index contributed by atoms with van der Waals surface area (Å²) in [6, 6.07) is 0. The summed E-state index contributed by atoms with van der Waals surface area (Å²) in [5.41, 5.74) is 6.82. The van der Waals surface area contributed by atoms with E-state index in [4.69, 9.17) is 5.73 Å². The first-order valence-corrected chi connectivity index (χ1v) is 4.93. The summed E-state index contributed by atoms with van der Waals surface area (Å²) in [6.45, 7) is 0.830. The van der Waals surface area contributed by atoms with E-state index in [9.17, 15) is 0 Å². The van der Waals surface area contributed by atoms with E-state index < -0.39 is 0 Å². The number of hydrogen-bond donors (Lipinski definition) is 2. The first-order valence-electron chi connectivity index (χ1n) is 4.93. The van der Waals surface area contributed by atoms with Gasteiger partial charge in [0.2, 0.25) is 0 Å². The molecule has 0 heterocycles. The Morgan fingerprint density at radius 2 is 2.08 bits per heavy atom. The Kier molecular flexibility index (Phi) is 4.15. The third kappa shape index (κ3) is 3.26. The van der Waals surface area contributed by atoms with Crippen LogP contribution in [-0.4, -0.2) is 13.6 Å². The zero-order valence-corrected chi connectivity index (χ0v) is 7.97. The van der Waals surface area contributed by atoms with Crippen LogP contribution in [0.25, 0.3) is 0 Å². The fourth-order valence-electron chi connectivity index (χ4n) is 1.87. The van der Waals surface area contributed by atoms with Crippen LogP contribution in [0.4, 0.5) is 0 Å². The second-order valence-corrected chi connectivity index (χ2v) is 3.67. The van der Waals surface area contributed by atoms with Gasteiger partial charge in [0.1, 0.15) is 0 Å². The lowest BCUT2D eigenvalue weighted by molar-refractivity contribution is 0.417. The van der Waals surface area contributed by atoms with Crippen LogP contribution in [0.15, 0.2) is 11.8 Å². The van der Waals surface area contributed by atoms with Crippen molar-refractivity contribution in [3.63, 3.8) is 0 Å². The molecule has 0 aromatic rings. The van der Waals surface area contributed by atoms with Gasteiger partial charge in [0.15, 0.2) is 0 Å². The summed E-state index contributed by atoms with van der Waals surface area (Å²) in [5.74, 6) is 0.757. The highest BCUT2D eigenvalue weighted by molar-refractivity contribution is 5.02. The molecule has 0 saturated heterocycles. The largest absolute Gasteiger partial charge is 0.401 e. The molecule has 0 unspecified atom stereocenters. The smallest absolute Gasteiger partial charge is 0.0346 e. The van der Waals surface area contributed by atoms with Gasteiger partial charge in [0, 0.05) is 12.2 Å². The average Bonchev–Trinajstić information content (AvgIpc) is 2.06. The van der Waals surface area contributed by atoms with Gasteiger partial charge < -0.3 is 11.1 Å². The van der Waals surface area contributed by atoms with Crippen LogP contribution >= 0.6 is 0 Å². The Labute approximate surface area is 75.2 Å². The van der Waals surface area contributed by atoms with Crippen LogP contribution < -0.4 is 11.1 Å². The highest BCUT2D eigenvalue weighted by Gasteiger charge is 2.10. The number of likely N-dealkylation sites (N-methyl/N-ethyl adjacent to an activating group) is 1. The molecule has 0 bridgehead atoms. The van der Waals surface area contributed by atoms with Crippen molar-refractivity contribution in [2.24, 2.45) is 11.7 Å². The summed E-state index contributed by atoms with van der Waals surface area (Å²) in [4.78, 5) is 0. The van der Waals surface area contributed by atoms with Gasteiger partial charge in [-0.3, -0.25) is 0 Å². The van der Waals surface area contributed by atoms with E-state index in [0.29, 0.717) is 0 Å². The summed E-state index contributed by atoms with van der Waals surface area (Å²) in [6.07, 6.45) is 9.10. The van der Waals surface area contributed by atoms with Gasteiger partial charge in [-0.05, 0) is 25.8 Å². The Bertz CT molecular complexity index is 146. The number of rotatable bonds is 3. The molecule has 0 atom stereocenters. The fourth-order valence-corrected chi connectivity index (χ4v) is 1.87. The zero-order valence-electron chi connectivity index (χ0n) is 7.97. The van der Waals surface area contributed by atoms with E-state index in [1.807, 2.05) is 7.05 Å². The lowest BCUT2D eigenvalue weighted by Crippen LogP contribution is -2.17. The van der Waals surface area contributed by atoms with Crippen LogP contribution in [0, 0.1) is 5.92 Å². The molecule has 3 N–H and O–H groups in total. The molecule has 2 nitrogen and oxygen atoms in total.